The van der Waals surface area contributed by atoms with Crippen LogP contribution in [-0.2, 0) is 16.1 Å². The first-order valence-corrected chi connectivity index (χ1v) is 17.1. The second kappa shape index (κ2) is 14.7. The van der Waals surface area contributed by atoms with Crippen molar-refractivity contribution < 1.29 is 23.7 Å². The minimum atomic E-state index is -0.832. The third-order valence-corrected chi connectivity index (χ3v) is 9.25. The molecule has 0 unspecified atom stereocenters. The lowest BCUT2D eigenvalue weighted by molar-refractivity contribution is -0.139. The largest absolute Gasteiger partial charge is 0.493 e. The molecule has 5 rings (SSSR count). The molecule has 1 aliphatic heterocycles. The molecule has 0 radical (unpaired) electrons. The number of carbonyl (C=O) groups is 1. The Bertz CT molecular complexity index is 2110. The van der Waals surface area contributed by atoms with Crippen LogP contribution >= 0.6 is 43.2 Å². The van der Waals surface area contributed by atoms with E-state index in [1.807, 2.05) is 44.2 Å². The summed E-state index contributed by atoms with van der Waals surface area (Å²) in [5.41, 5.74) is 2.88. The van der Waals surface area contributed by atoms with Crippen LogP contribution in [0.4, 0.5) is 0 Å². The SMILES string of the molecule is CCOC(=O)C1=C(C)N=c2s/c(=C/c3cc(Br)cc(Br)c3OCc3ccccc3C#N)c(=O)n2[C@@H]1c1ccc(OC(C)C)c(OC)c1. The molecule has 0 spiro atoms. The van der Waals surface area contributed by atoms with Crippen LogP contribution in [0.2, 0.25) is 0 Å². The number of esters is 1. The van der Waals surface area contributed by atoms with E-state index in [0.717, 1.165) is 10.0 Å². The molecule has 0 bridgehead atoms. The average Bonchev–Trinajstić information content (AvgIpc) is 3.33. The van der Waals surface area contributed by atoms with Crippen LogP contribution in [0, 0.1) is 11.3 Å². The molecular formula is C35H31Br2N3O6S. The minimum Gasteiger partial charge on any atom is -0.493 e. The molecule has 1 atom stereocenters. The van der Waals surface area contributed by atoms with Gasteiger partial charge in [0.1, 0.15) is 12.4 Å². The van der Waals surface area contributed by atoms with Gasteiger partial charge in [-0.05, 0) is 85.6 Å². The number of rotatable bonds is 10. The van der Waals surface area contributed by atoms with Crippen molar-refractivity contribution in [2.75, 3.05) is 13.7 Å². The lowest BCUT2D eigenvalue weighted by Crippen LogP contribution is -2.40. The van der Waals surface area contributed by atoms with Gasteiger partial charge in [0.2, 0.25) is 0 Å². The highest BCUT2D eigenvalue weighted by Crippen LogP contribution is 2.37. The molecule has 4 aromatic rings. The first kappa shape index (κ1) is 34.2. The fourth-order valence-corrected chi connectivity index (χ4v) is 7.61. The summed E-state index contributed by atoms with van der Waals surface area (Å²) in [6.07, 6.45) is 1.66. The minimum absolute atomic E-state index is 0.0855. The number of hydrogen-bond donors (Lipinski definition) is 0. The third-order valence-electron chi connectivity index (χ3n) is 7.22. The van der Waals surface area contributed by atoms with E-state index in [4.69, 9.17) is 18.9 Å². The van der Waals surface area contributed by atoms with E-state index < -0.39 is 12.0 Å². The van der Waals surface area contributed by atoms with Crippen LogP contribution in [0.5, 0.6) is 17.2 Å². The summed E-state index contributed by atoms with van der Waals surface area (Å²) in [6, 6.07) is 17.6. The Morgan fingerprint density at radius 3 is 2.62 bits per heavy atom. The molecule has 47 heavy (non-hydrogen) atoms. The van der Waals surface area contributed by atoms with Gasteiger partial charge in [0.25, 0.3) is 5.56 Å². The van der Waals surface area contributed by atoms with Gasteiger partial charge in [-0.2, -0.15) is 5.26 Å². The zero-order valence-electron chi connectivity index (χ0n) is 26.3. The highest BCUT2D eigenvalue weighted by molar-refractivity contribution is 9.11. The number of benzene rings is 3. The van der Waals surface area contributed by atoms with Crippen LogP contribution in [-0.4, -0.2) is 30.4 Å². The molecule has 0 saturated carbocycles. The van der Waals surface area contributed by atoms with E-state index in [-0.39, 0.29) is 30.5 Å². The molecule has 2 heterocycles. The Morgan fingerprint density at radius 1 is 1.15 bits per heavy atom. The molecular weight excluding hydrogens is 750 g/mol. The van der Waals surface area contributed by atoms with Crippen LogP contribution < -0.4 is 29.1 Å². The summed E-state index contributed by atoms with van der Waals surface area (Å²) in [5, 5.41) is 9.53. The Labute approximate surface area is 292 Å². The summed E-state index contributed by atoms with van der Waals surface area (Å²) < 4.78 is 26.6. The smallest absolute Gasteiger partial charge is 0.338 e. The second-order valence-electron chi connectivity index (χ2n) is 10.7. The van der Waals surface area contributed by atoms with Crippen molar-refractivity contribution in [1.82, 2.24) is 4.57 Å². The van der Waals surface area contributed by atoms with Gasteiger partial charge in [0, 0.05) is 15.6 Å². The second-order valence-corrected chi connectivity index (χ2v) is 13.5. The Balaban J connectivity index is 1.66. The first-order chi connectivity index (χ1) is 22.6. The number of nitrogens with zero attached hydrogens (tertiary/aromatic N) is 3. The molecule has 12 heteroatoms. The molecule has 9 nitrogen and oxygen atoms in total. The summed E-state index contributed by atoms with van der Waals surface area (Å²) in [5.74, 6) is 0.952. The summed E-state index contributed by atoms with van der Waals surface area (Å²) >= 11 is 8.35. The van der Waals surface area contributed by atoms with E-state index in [0.29, 0.717) is 53.4 Å². The number of hydrogen-bond acceptors (Lipinski definition) is 9. The van der Waals surface area contributed by atoms with E-state index in [1.54, 1.807) is 51.3 Å². The predicted octanol–water partition coefficient (Wildman–Crippen LogP) is 6.57. The number of nitriles is 1. The Kier molecular flexibility index (Phi) is 10.7. The number of methoxy groups -OCH3 is 1. The molecule has 0 N–H and O–H groups in total. The molecule has 0 saturated heterocycles. The summed E-state index contributed by atoms with van der Waals surface area (Å²) in [7, 11) is 1.54. The van der Waals surface area contributed by atoms with Crippen molar-refractivity contribution in [3.63, 3.8) is 0 Å². The fraction of sp³-hybridized carbons (Fsp3) is 0.257. The van der Waals surface area contributed by atoms with Gasteiger partial charge in [0.15, 0.2) is 16.3 Å². The molecule has 0 fully saturated rings. The van der Waals surface area contributed by atoms with Gasteiger partial charge >= 0.3 is 5.97 Å². The monoisotopic (exact) mass is 779 g/mol. The van der Waals surface area contributed by atoms with Crippen LogP contribution in [0.3, 0.4) is 0 Å². The van der Waals surface area contributed by atoms with Crippen molar-refractivity contribution >= 4 is 55.2 Å². The van der Waals surface area contributed by atoms with Crippen molar-refractivity contribution in [3.05, 3.63) is 117 Å². The zero-order chi connectivity index (χ0) is 33.8. The molecule has 1 aliphatic rings. The average molecular weight is 782 g/mol. The maximum atomic E-state index is 14.3. The topological polar surface area (TPSA) is 112 Å². The number of halogens is 2. The van der Waals surface area contributed by atoms with Gasteiger partial charge in [-0.25, -0.2) is 9.79 Å². The molecule has 242 valence electrons. The van der Waals surface area contributed by atoms with Crippen molar-refractivity contribution in [2.45, 2.75) is 46.4 Å². The molecule has 0 amide bonds. The lowest BCUT2D eigenvalue weighted by Gasteiger charge is -2.25. The number of aromatic nitrogens is 1. The van der Waals surface area contributed by atoms with Crippen molar-refractivity contribution in [2.24, 2.45) is 4.99 Å². The number of ether oxygens (including phenoxy) is 4. The Hall–Kier alpha value is -4.18. The number of carbonyl (C=O) groups excluding carboxylic acids is 1. The van der Waals surface area contributed by atoms with E-state index >= 15 is 0 Å². The Morgan fingerprint density at radius 2 is 1.91 bits per heavy atom. The zero-order valence-corrected chi connectivity index (χ0v) is 30.3. The highest BCUT2D eigenvalue weighted by atomic mass is 79.9. The van der Waals surface area contributed by atoms with E-state index in [9.17, 15) is 14.9 Å². The predicted molar refractivity (Wildman–Crippen MR) is 186 cm³/mol. The van der Waals surface area contributed by atoms with Gasteiger partial charge < -0.3 is 18.9 Å². The number of allylic oxidation sites excluding steroid dienone is 1. The molecule has 0 aliphatic carbocycles. The maximum absolute atomic E-state index is 14.3. The molecule has 3 aromatic carbocycles. The quantitative estimate of drug-likeness (QED) is 0.168. The number of fused-ring (bicyclic) bond motifs is 1. The van der Waals surface area contributed by atoms with Crippen molar-refractivity contribution in [3.8, 4) is 23.3 Å². The first-order valence-electron chi connectivity index (χ1n) is 14.7. The third kappa shape index (κ3) is 7.22. The molecule has 1 aromatic heterocycles. The van der Waals surface area contributed by atoms with E-state index in [2.05, 4.69) is 42.9 Å². The fourth-order valence-electron chi connectivity index (χ4n) is 5.20. The standard InChI is InChI=1S/C35H31Br2N3O6S/c1-6-44-34(42)30-20(4)39-35-40(31(30)21-11-12-27(46-19(2)3)28(14-21)43-5)33(41)29(47-35)15-24-13-25(36)16-26(37)32(24)45-18-23-10-8-7-9-22(23)17-38/h7-16,19,31H,6,18H2,1-5H3/b29-15+/t31-/m1/s1. The van der Waals surface area contributed by atoms with Gasteiger partial charge in [0.05, 0.1) is 57.8 Å². The van der Waals surface area contributed by atoms with Gasteiger partial charge in [-0.15, -0.1) is 0 Å². The summed E-state index contributed by atoms with van der Waals surface area (Å²) in [4.78, 5) is 32.8. The number of thiazole rings is 1. The van der Waals surface area contributed by atoms with Crippen molar-refractivity contribution in [1.29, 1.82) is 5.26 Å². The normalized spacial score (nSPS) is 14.4. The van der Waals surface area contributed by atoms with E-state index in [1.165, 1.54) is 15.9 Å². The van der Waals surface area contributed by atoms with Gasteiger partial charge in [-0.3, -0.25) is 9.36 Å². The van der Waals surface area contributed by atoms with Gasteiger partial charge in [-0.1, -0.05) is 51.5 Å². The van der Waals surface area contributed by atoms with Crippen LogP contribution in [0.25, 0.3) is 6.08 Å². The van der Waals surface area contributed by atoms with Crippen LogP contribution in [0.15, 0.2) is 84.6 Å². The van der Waals surface area contributed by atoms with Crippen LogP contribution in [0.1, 0.15) is 56.0 Å². The summed E-state index contributed by atoms with van der Waals surface area (Å²) in [6.45, 7) is 7.61. The highest BCUT2D eigenvalue weighted by Gasteiger charge is 2.34. The lowest BCUT2D eigenvalue weighted by atomic mass is 9.95. The maximum Gasteiger partial charge on any atom is 0.338 e.